The molecule has 72 heavy (non-hydrogen) atoms. The monoisotopic (exact) mass is 1040 g/mol. The molecule has 0 N–H and O–H groups in total. The van der Waals surface area contributed by atoms with Gasteiger partial charge < -0.3 is 38.5 Å². The SMILES string of the molecule is CC(C)C[C@H]1C(=O)O[C@H](Cc2ccc(CCl)cc2)C(=O)N(C)[C@@H](CC(C)C)C(=O)O[C@H](C)C(=O)N(C)[C@@H](CC(C)C)C(=O)O[C@H](Cc2ccc(CCl)cc2)C(=O)N(C)[C@@H](CC(C)C)C(=O)O[C@H](C)C(=O)N1C. The van der Waals surface area contributed by atoms with E-state index in [2.05, 4.69) is 0 Å². The lowest BCUT2D eigenvalue weighted by Gasteiger charge is -2.35. The molecule has 16 nitrogen and oxygen atoms in total. The predicted octanol–water partition coefficient (Wildman–Crippen LogP) is 7.14. The molecular formula is C54H78Cl2N4O12. The van der Waals surface area contributed by atoms with Crippen LogP contribution in [0.15, 0.2) is 48.5 Å². The summed E-state index contributed by atoms with van der Waals surface area (Å²) in [6, 6.07) is 8.98. The van der Waals surface area contributed by atoms with E-state index < -0.39 is 96.1 Å². The topological polar surface area (TPSA) is 186 Å². The molecule has 4 amide bonds. The minimum absolute atomic E-state index is 0.0888. The average molecular weight is 1050 g/mol. The molecule has 1 fully saturated rings. The lowest BCUT2D eigenvalue weighted by molar-refractivity contribution is -0.176. The van der Waals surface area contributed by atoms with Crippen molar-refractivity contribution in [3.05, 3.63) is 70.8 Å². The number of halogens is 2. The Balaban J connectivity index is 2.27. The molecule has 8 atom stereocenters. The van der Waals surface area contributed by atoms with Crippen LogP contribution >= 0.6 is 23.2 Å². The number of carbonyl (C=O) groups is 8. The van der Waals surface area contributed by atoms with Gasteiger partial charge in [-0.2, -0.15) is 0 Å². The van der Waals surface area contributed by atoms with E-state index in [0.29, 0.717) is 11.1 Å². The van der Waals surface area contributed by atoms with Crippen molar-refractivity contribution in [1.29, 1.82) is 0 Å². The summed E-state index contributed by atoms with van der Waals surface area (Å²) in [5, 5.41) is 0. The molecule has 2 aromatic carbocycles. The Morgan fingerprint density at radius 2 is 0.611 bits per heavy atom. The molecule has 0 unspecified atom stereocenters. The molecule has 1 aliphatic rings. The van der Waals surface area contributed by atoms with Crippen molar-refractivity contribution in [2.24, 2.45) is 23.7 Å². The second kappa shape index (κ2) is 28.3. The fraction of sp³-hybridized carbons (Fsp3) is 0.630. The van der Waals surface area contributed by atoms with Crippen LogP contribution in [0.25, 0.3) is 0 Å². The zero-order chi connectivity index (χ0) is 54.3. The first-order valence-corrected chi connectivity index (χ1v) is 25.9. The third-order valence-corrected chi connectivity index (χ3v) is 13.3. The molecule has 0 spiro atoms. The molecule has 0 bridgehead atoms. The largest absolute Gasteiger partial charge is 0.451 e. The van der Waals surface area contributed by atoms with Crippen LogP contribution in [0, 0.1) is 23.7 Å². The Morgan fingerprint density at radius 1 is 0.389 bits per heavy atom. The summed E-state index contributed by atoms with van der Waals surface area (Å²) in [6.07, 6.45) is -5.87. The number of ether oxygens (including phenoxy) is 4. The van der Waals surface area contributed by atoms with Gasteiger partial charge in [0.05, 0.1) is 0 Å². The standard InChI is InChI=1S/C54H78Cl2N4O12/c1-31(2)23-41-51(65)69-35(9)47(61)57(11)44(26-34(7)8)54(68)72-46(28-38-17-21-40(30-56)22-18-38)50(64)60(14)42(24-32(3)4)52(66)70-36(10)48(62)58(12)43(25-33(5)6)53(67)71-45(49(63)59(41)13)27-37-15-19-39(29-55)20-16-37/h15-22,31-36,41-46H,23-30H2,1-14H3/t35-,36-,41+,42+,43+,44+,45-,46-/m1/s1. The number of hydrogen-bond donors (Lipinski definition) is 0. The Hall–Kier alpha value is -5.22. The zero-order valence-electron chi connectivity index (χ0n) is 44.6. The molecule has 0 saturated carbocycles. The predicted molar refractivity (Wildman–Crippen MR) is 274 cm³/mol. The van der Waals surface area contributed by atoms with Crippen molar-refractivity contribution in [3.63, 3.8) is 0 Å². The summed E-state index contributed by atoms with van der Waals surface area (Å²) >= 11 is 12.1. The van der Waals surface area contributed by atoms with Crippen LogP contribution in [0.5, 0.6) is 0 Å². The van der Waals surface area contributed by atoms with Gasteiger partial charge in [0.25, 0.3) is 23.6 Å². The average Bonchev–Trinajstić information content (AvgIpc) is 3.33. The molecule has 1 heterocycles. The first kappa shape index (κ1) is 61.1. The Bertz CT molecular complexity index is 2000. The number of benzene rings is 2. The van der Waals surface area contributed by atoms with E-state index in [1.54, 1.807) is 48.5 Å². The van der Waals surface area contributed by atoms with E-state index in [1.807, 2.05) is 55.4 Å². The van der Waals surface area contributed by atoms with E-state index in [1.165, 1.54) is 42.0 Å². The lowest BCUT2D eigenvalue weighted by Crippen LogP contribution is -2.55. The van der Waals surface area contributed by atoms with Crippen LogP contribution in [0.1, 0.15) is 117 Å². The van der Waals surface area contributed by atoms with Gasteiger partial charge in [-0.25, -0.2) is 19.2 Å². The van der Waals surface area contributed by atoms with Crippen molar-refractivity contribution in [1.82, 2.24) is 19.6 Å². The Labute approximate surface area is 436 Å². The summed E-state index contributed by atoms with van der Waals surface area (Å²) in [6.45, 7) is 17.4. The smallest absolute Gasteiger partial charge is 0.329 e. The fourth-order valence-electron chi connectivity index (χ4n) is 8.44. The Kier molecular flexibility index (Phi) is 24.0. The molecule has 0 aliphatic carbocycles. The van der Waals surface area contributed by atoms with Gasteiger partial charge in [0, 0.05) is 52.8 Å². The second-order valence-electron chi connectivity index (χ2n) is 20.7. The molecular weight excluding hydrogens is 968 g/mol. The maximum absolute atomic E-state index is 14.8. The van der Waals surface area contributed by atoms with Gasteiger partial charge in [-0.15, -0.1) is 23.2 Å². The van der Waals surface area contributed by atoms with Gasteiger partial charge in [-0.1, -0.05) is 104 Å². The molecule has 0 aromatic heterocycles. The number of alkyl halides is 2. The van der Waals surface area contributed by atoms with Crippen LogP contribution in [0.4, 0.5) is 0 Å². The van der Waals surface area contributed by atoms with Crippen LogP contribution in [0.3, 0.4) is 0 Å². The van der Waals surface area contributed by atoms with Crippen LogP contribution in [-0.2, 0) is 81.9 Å². The highest BCUT2D eigenvalue weighted by Crippen LogP contribution is 2.25. The van der Waals surface area contributed by atoms with Crippen molar-refractivity contribution in [2.45, 2.75) is 168 Å². The molecule has 0 radical (unpaired) electrons. The first-order chi connectivity index (χ1) is 33.7. The molecule has 1 aliphatic heterocycles. The summed E-state index contributed by atoms with van der Waals surface area (Å²) < 4.78 is 23.9. The lowest BCUT2D eigenvalue weighted by atomic mass is 9.99. The maximum atomic E-state index is 14.8. The van der Waals surface area contributed by atoms with E-state index in [4.69, 9.17) is 42.1 Å². The van der Waals surface area contributed by atoms with Crippen LogP contribution < -0.4 is 0 Å². The summed E-state index contributed by atoms with van der Waals surface area (Å²) in [5.41, 5.74) is 2.83. The van der Waals surface area contributed by atoms with Crippen LogP contribution in [-0.4, -0.2) is 144 Å². The highest BCUT2D eigenvalue weighted by molar-refractivity contribution is 6.17. The molecule has 2 aromatic rings. The van der Waals surface area contributed by atoms with E-state index >= 15 is 0 Å². The van der Waals surface area contributed by atoms with Crippen molar-refractivity contribution in [2.75, 3.05) is 28.2 Å². The minimum Gasteiger partial charge on any atom is -0.451 e. The summed E-state index contributed by atoms with van der Waals surface area (Å²) in [4.78, 5) is 120. The maximum Gasteiger partial charge on any atom is 0.329 e. The summed E-state index contributed by atoms with van der Waals surface area (Å²) in [7, 11) is 5.52. The third-order valence-electron chi connectivity index (χ3n) is 12.7. The number of esters is 4. The fourth-order valence-corrected chi connectivity index (χ4v) is 8.79. The normalized spacial score (nSPS) is 24.5. The number of rotatable bonds is 14. The number of amides is 4. The van der Waals surface area contributed by atoms with E-state index in [0.717, 1.165) is 30.7 Å². The molecule has 400 valence electrons. The van der Waals surface area contributed by atoms with Gasteiger partial charge in [0.2, 0.25) is 0 Å². The number of likely N-dealkylation sites (N-methyl/N-ethyl adjacent to an activating group) is 4. The number of nitrogens with zero attached hydrogens (tertiary/aromatic N) is 4. The second-order valence-corrected chi connectivity index (χ2v) is 21.2. The van der Waals surface area contributed by atoms with E-state index in [9.17, 15) is 38.4 Å². The van der Waals surface area contributed by atoms with E-state index in [-0.39, 0.29) is 74.0 Å². The zero-order valence-corrected chi connectivity index (χ0v) is 46.2. The molecule has 18 heteroatoms. The van der Waals surface area contributed by atoms with Crippen LogP contribution in [0.2, 0.25) is 0 Å². The van der Waals surface area contributed by atoms with Gasteiger partial charge in [0.1, 0.15) is 24.2 Å². The van der Waals surface area contributed by atoms with Crippen molar-refractivity contribution in [3.8, 4) is 0 Å². The van der Waals surface area contributed by atoms with Gasteiger partial charge in [0.15, 0.2) is 24.4 Å². The summed E-state index contributed by atoms with van der Waals surface area (Å²) in [5.74, 6) is -6.91. The third kappa shape index (κ3) is 17.5. The quantitative estimate of drug-likeness (QED) is 0.106. The number of carbonyl (C=O) groups excluding carboxylic acids is 8. The van der Waals surface area contributed by atoms with Gasteiger partial charge in [-0.05, 0) is 85.5 Å². The molecule has 3 rings (SSSR count). The highest BCUT2D eigenvalue weighted by atomic mass is 35.5. The molecule has 1 saturated heterocycles. The minimum atomic E-state index is -1.52. The van der Waals surface area contributed by atoms with Crippen molar-refractivity contribution < 1.29 is 57.3 Å². The van der Waals surface area contributed by atoms with Gasteiger partial charge >= 0.3 is 23.9 Å². The van der Waals surface area contributed by atoms with Gasteiger partial charge in [-0.3, -0.25) is 19.2 Å². The Morgan fingerprint density at radius 3 is 0.847 bits per heavy atom. The number of cyclic esters (lactones) is 4. The number of hydrogen-bond acceptors (Lipinski definition) is 12. The van der Waals surface area contributed by atoms with Crippen molar-refractivity contribution >= 4 is 70.7 Å². The first-order valence-electron chi connectivity index (χ1n) is 24.9. The highest BCUT2D eigenvalue weighted by Gasteiger charge is 2.43.